The molecule has 8 nitrogen and oxygen atoms in total. The van der Waals surface area contributed by atoms with Crippen molar-refractivity contribution in [1.29, 1.82) is 0 Å². The average Bonchev–Trinajstić information content (AvgIpc) is 3.23. The zero-order valence-corrected chi connectivity index (χ0v) is 19.0. The summed E-state index contributed by atoms with van der Waals surface area (Å²) in [7, 11) is 1.53. The summed E-state index contributed by atoms with van der Waals surface area (Å²) in [5.41, 5.74) is 1.47. The third-order valence-electron chi connectivity index (χ3n) is 5.24. The van der Waals surface area contributed by atoms with E-state index in [1.54, 1.807) is 24.4 Å². The standard InChI is InChI=1S/C25H25N3O5/c1-25(2,3)17-6-9-19(10-7-17)32-15-18-13-28(27-26-18)14-22(29)21-11-16-5-8-20(31-4)12-23(16)33-24(21)30/h5-13H,14-15H2,1-4H3. The molecule has 0 spiro atoms. The lowest BCUT2D eigenvalue weighted by atomic mass is 9.87. The average molecular weight is 447 g/mol. The largest absolute Gasteiger partial charge is 0.497 e. The first-order valence-electron chi connectivity index (χ1n) is 10.5. The number of Topliss-reactive ketones (excluding diaryl/α,β-unsaturated/α-hetero) is 1. The van der Waals surface area contributed by atoms with E-state index in [0.717, 1.165) is 5.75 Å². The minimum atomic E-state index is -0.705. The van der Waals surface area contributed by atoms with E-state index in [-0.39, 0.29) is 24.1 Å². The molecule has 8 heteroatoms. The van der Waals surface area contributed by atoms with Gasteiger partial charge in [0.1, 0.15) is 41.5 Å². The van der Waals surface area contributed by atoms with Crippen LogP contribution in [0.15, 0.2) is 63.9 Å². The predicted molar refractivity (Wildman–Crippen MR) is 123 cm³/mol. The lowest BCUT2D eigenvalue weighted by molar-refractivity contribution is 0.0963. The molecule has 0 saturated heterocycles. The van der Waals surface area contributed by atoms with E-state index in [0.29, 0.717) is 22.4 Å². The number of rotatable bonds is 7. The van der Waals surface area contributed by atoms with Gasteiger partial charge in [-0.05, 0) is 41.3 Å². The summed E-state index contributed by atoms with van der Waals surface area (Å²) < 4.78 is 17.6. The van der Waals surface area contributed by atoms with Gasteiger partial charge in [0.15, 0.2) is 5.78 Å². The van der Waals surface area contributed by atoms with Gasteiger partial charge in [0.05, 0.1) is 13.3 Å². The molecule has 2 heterocycles. The highest BCUT2D eigenvalue weighted by Gasteiger charge is 2.16. The van der Waals surface area contributed by atoms with Gasteiger partial charge in [-0.2, -0.15) is 0 Å². The van der Waals surface area contributed by atoms with Gasteiger partial charge in [0, 0.05) is 11.5 Å². The molecule has 4 rings (SSSR count). The monoisotopic (exact) mass is 447 g/mol. The van der Waals surface area contributed by atoms with Crippen LogP contribution in [0.25, 0.3) is 11.0 Å². The first kappa shape index (κ1) is 22.3. The molecule has 0 unspecified atom stereocenters. The molecule has 4 aromatic rings. The molecule has 33 heavy (non-hydrogen) atoms. The van der Waals surface area contributed by atoms with Gasteiger partial charge in [0.25, 0.3) is 0 Å². The first-order valence-corrected chi connectivity index (χ1v) is 10.5. The Morgan fingerprint density at radius 3 is 2.48 bits per heavy atom. The summed E-state index contributed by atoms with van der Waals surface area (Å²) in [4.78, 5) is 25.0. The van der Waals surface area contributed by atoms with Gasteiger partial charge in [-0.15, -0.1) is 5.10 Å². The van der Waals surface area contributed by atoms with Crippen LogP contribution in [0.5, 0.6) is 11.5 Å². The minimum absolute atomic E-state index is 0.0418. The van der Waals surface area contributed by atoms with Crippen molar-refractivity contribution in [3.8, 4) is 11.5 Å². The second-order valence-electron chi connectivity index (χ2n) is 8.74. The first-order chi connectivity index (χ1) is 15.7. The second-order valence-corrected chi connectivity index (χ2v) is 8.74. The summed E-state index contributed by atoms with van der Waals surface area (Å²) in [5, 5.41) is 8.65. The fourth-order valence-corrected chi connectivity index (χ4v) is 3.34. The van der Waals surface area contributed by atoms with E-state index in [9.17, 15) is 9.59 Å². The van der Waals surface area contributed by atoms with Gasteiger partial charge in [-0.25, -0.2) is 9.48 Å². The Morgan fingerprint density at radius 2 is 1.79 bits per heavy atom. The van der Waals surface area contributed by atoms with Gasteiger partial charge in [0.2, 0.25) is 0 Å². The lowest BCUT2D eigenvalue weighted by Gasteiger charge is -2.19. The van der Waals surface area contributed by atoms with Gasteiger partial charge in [-0.3, -0.25) is 4.79 Å². The van der Waals surface area contributed by atoms with E-state index in [4.69, 9.17) is 13.9 Å². The van der Waals surface area contributed by atoms with Crippen molar-refractivity contribution in [1.82, 2.24) is 15.0 Å². The van der Waals surface area contributed by atoms with E-state index in [1.807, 2.05) is 24.3 Å². The van der Waals surface area contributed by atoms with Crippen molar-refractivity contribution in [2.24, 2.45) is 0 Å². The molecule has 170 valence electrons. The molecule has 0 aliphatic rings. The normalized spacial score (nSPS) is 11.5. The summed E-state index contributed by atoms with van der Waals surface area (Å²) >= 11 is 0. The molecule has 0 atom stereocenters. The zero-order valence-electron chi connectivity index (χ0n) is 19.0. The lowest BCUT2D eigenvalue weighted by Crippen LogP contribution is -2.19. The van der Waals surface area contributed by atoms with Crippen molar-refractivity contribution in [2.45, 2.75) is 39.3 Å². The molecular weight excluding hydrogens is 422 g/mol. The number of benzene rings is 2. The van der Waals surface area contributed by atoms with Gasteiger partial charge in [-0.1, -0.05) is 38.1 Å². The predicted octanol–water partition coefficient (Wildman–Crippen LogP) is 4.15. The Morgan fingerprint density at radius 1 is 1.06 bits per heavy atom. The number of carbonyl (C=O) groups excluding carboxylic acids is 1. The minimum Gasteiger partial charge on any atom is -0.497 e. The van der Waals surface area contributed by atoms with Crippen LogP contribution in [0.2, 0.25) is 0 Å². The van der Waals surface area contributed by atoms with Crippen molar-refractivity contribution in [3.63, 3.8) is 0 Å². The van der Waals surface area contributed by atoms with Crippen LogP contribution in [0.4, 0.5) is 0 Å². The molecule has 0 radical (unpaired) electrons. The zero-order chi connectivity index (χ0) is 23.6. The molecule has 0 aliphatic carbocycles. The van der Waals surface area contributed by atoms with Crippen LogP contribution >= 0.6 is 0 Å². The maximum atomic E-state index is 12.7. The van der Waals surface area contributed by atoms with Crippen LogP contribution in [0.1, 0.15) is 42.4 Å². The third kappa shape index (κ3) is 5.11. The number of carbonyl (C=O) groups is 1. The summed E-state index contributed by atoms with van der Waals surface area (Å²) in [6, 6.07) is 14.5. The molecule has 0 fully saturated rings. The maximum Gasteiger partial charge on any atom is 0.347 e. The number of nitrogens with zero attached hydrogens (tertiary/aromatic N) is 3. The number of ether oxygens (including phenoxy) is 2. The number of methoxy groups -OCH3 is 1. The molecule has 0 aliphatic heterocycles. The van der Waals surface area contributed by atoms with E-state index >= 15 is 0 Å². The van der Waals surface area contributed by atoms with Crippen LogP contribution < -0.4 is 15.1 Å². The highest BCUT2D eigenvalue weighted by Crippen LogP contribution is 2.24. The maximum absolute atomic E-state index is 12.7. The van der Waals surface area contributed by atoms with E-state index in [2.05, 4.69) is 31.1 Å². The van der Waals surface area contributed by atoms with Crippen LogP contribution in [0, 0.1) is 0 Å². The number of fused-ring (bicyclic) bond motifs is 1. The van der Waals surface area contributed by atoms with Gasteiger partial charge >= 0.3 is 5.63 Å². The molecule has 0 N–H and O–H groups in total. The van der Waals surface area contributed by atoms with Crippen molar-refractivity contribution in [3.05, 3.63) is 82.0 Å². The Labute approximate surface area is 190 Å². The molecule has 0 amide bonds. The van der Waals surface area contributed by atoms with Crippen molar-refractivity contribution < 1.29 is 18.7 Å². The van der Waals surface area contributed by atoms with Crippen LogP contribution in [-0.2, 0) is 18.6 Å². The number of hydrogen-bond acceptors (Lipinski definition) is 7. The fraction of sp³-hybridized carbons (Fsp3) is 0.280. The molecule has 2 aromatic heterocycles. The molecule has 2 aromatic carbocycles. The highest BCUT2D eigenvalue weighted by atomic mass is 16.5. The smallest absolute Gasteiger partial charge is 0.347 e. The molecule has 0 bridgehead atoms. The quantitative estimate of drug-likeness (QED) is 0.310. The number of aromatic nitrogens is 3. The van der Waals surface area contributed by atoms with Crippen molar-refractivity contribution >= 4 is 16.8 Å². The Kier molecular flexibility index (Phi) is 6.00. The SMILES string of the molecule is COc1ccc2cc(C(=O)Cn3cc(COc4ccc(C(C)(C)C)cc4)nn3)c(=O)oc2c1. The van der Waals surface area contributed by atoms with E-state index in [1.165, 1.54) is 23.4 Å². The number of ketones is 1. The van der Waals surface area contributed by atoms with Crippen LogP contribution in [-0.4, -0.2) is 27.9 Å². The summed E-state index contributed by atoms with van der Waals surface area (Å²) in [6.45, 7) is 6.53. The Hall–Kier alpha value is -3.94. The second kappa shape index (κ2) is 8.90. The summed E-state index contributed by atoms with van der Waals surface area (Å²) in [6.07, 6.45) is 1.62. The topological polar surface area (TPSA) is 96.5 Å². The Balaban J connectivity index is 1.41. The van der Waals surface area contributed by atoms with Crippen molar-refractivity contribution in [2.75, 3.05) is 7.11 Å². The molecule has 0 saturated carbocycles. The number of hydrogen-bond donors (Lipinski definition) is 0. The third-order valence-corrected chi connectivity index (χ3v) is 5.24. The van der Waals surface area contributed by atoms with E-state index < -0.39 is 11.4 Å². The summed E-state index contributed by atoms with van der Waals surface area (Å²) in [5.74, 6) is 0.864. The Bertz CT molecular complexity index is 1350. The molecular formula is C25H25N3O5. The van der Waals surface area contributed by atoms with Gasteiger partial charge < -0.3 is 13.9 Å². The fourth-order valence-electron chi connectivity index (χ4n) is 3.34. The van der Waals surface area contributed by atoms with Crippen LogP contribution in [0.3, 0.4) is 0 Å². The highest BCUT2D eigenvalue weighted by molar-refractivity contribution is 5.98.